The van der Waals surface area contributed by atoms with Crippen LogP contribution in [0, 0.1) is 5.41 Å². The van der Waals surface area contributed by atoms with Gasteiger partial charge in [0, 0.05) is 22.7 Å². The Kier molecular flexibility index (Phi) is 6.24. The molecule has 0 aliphatic carbocycles. The maximum Gasteiger partial charge on any atom is 0.311 e. The van der Waals surface area contributed by atoms with Crippen LogP contribution in [0.3, 0.4) is 0 Å². The Balaban J connectivity index is 2.65. The third kappa shape index (κ3) is 5.06. The second kappa shape index (κ2) is 7.48. The first-order chi connectivity index (χ1) is 9.78. The van der Waals surface area contributed by atoms with E-state index in [1.54, 1.807) is 38.1 Å². The lowest BCUT2D eigenvalue weighted by Crippen LogP contribution is -2.40. The Morgan fingerprint density at radius 2 is 2.05 bits per heavy atom. The van der Waals surface area contributed by atoms with Crippen LogP contribution in [0.2, 0.25) is 10.0 Å². The van der Waals surface area contributed by atoms with Crippen LogP contribution in [-0.2, 0) is 9.59 Å². The number of halogens is 2. The van der Waals surface area contributed by atoms with Crippen LogP contribution in [-0.4, -0.2) is 23.5 Å². The standard InChI is InChI=1S/C15H17Cl2NO3/c1-3-15(2,14(20)21)9-18-13(19)7-5-10-4-6-11(16)8-12(10)17/h4-8H,3,9H2,1-2H3,(H,18,19)(H,20,21)/b7-5+. The number of carbonyl (C=O) groups is 2. The van der Waals surface area contributed by atoms with Gasteiger partial charge in [-0.15, -0.1) is 0 Å². The zero-order valence-electron chi connectivity index (χ0n) is 11.8. The third-order valence-electron chi connectivity index (χ3n) is 3.33. The van der Waals surface area contributed by atoms with Crippen molar-refractivity contribution in [2.75, 3.05) is 6.54 Å². The first-order valence-electron chi connectivity index (χ1n) is 6.43. The molecule has 0 fully saturated rings. The van der Waals surface area contributed by atoms with E-state index in [2.05, 4.69) is 5.32 Å². The molecule has 0 spiro atoms. The summed E-state index contributed by atoms with van der Waals surface area (Å²) in [5.41, 5.74) is -0.311. The summed E-state index contributed by atoms with van der Waals surface area (Å²) >= 11 is 11.8. The average Bonchev–Trinajstić information content (AvgIpc) is 2.43. The van der Waals surface area contributed by atoms with Crippen molar-refractivity contribution in [1.29, 1.82) is 0 Å². The van der Waals surface area contributed by atoms with E-state index in [1.165, 1.54) is 6.08 Å². The van der Waals surface area contributed by atoms with Crippen molar-refractivity contribution in [3.05, 3.63) is 39.9 Å². The monoisotopic (exact) mass is 329 g/mol. The number of carboxylic acids is 1. The van der Waals surface area contributed by atoms with Gasteiger partial charge in [0.2, 0.25) is 5.91 Å². The lowest BCUT2D eigenvalue weighted by atomic mass is 9.88. The largest absolute Gasteiger partial charge is 0.481 e. The van der Waals surface area contributed by atoms with Crippen molar-refractivity contribution in [3.8, 4) is 0 Å². The highest BCUT2D eigenvalue weighted by Gasteiger charge is 2.31. The summed E-state index contributed by atoms with van der Waals surface area (Å²) < 4.78 is 0. The molecule has 1 rings (SSSR count). The van der Waals surface area contributed by atoms with Gasteiger partial charge in [-0.05, 0) is 37.1 Å². The molecule has 0 saturated heterocycles. The zero-order valence-corrected chi connectivity index (χ0v) is 13.3. The van der Waals surface area contributed by atoms with Gasteiger partial charge in [0.25, 0.3) is 0 Å². The van der Waals surface area contributed by atoms with Crippen molar-refractivity contribution >= 4 is 41.2 Å². The quantitative estimate of drug-likeness (QED) is 0.783. The molecule has 0 aliphatic heterocycles. The molecule has 4 nitrogen and oxygen atoms in total. The van der Waals surface area contributed by atoms with Gasteiger partial charge in [-0.25, -0.2) is 0 Å². The molecule has 0 bridgehead atoms. The first-order valence-corrected chi connectivity index (χ1v) is 7.18. The molecule has 1 aromatic carbocycles. The van der Waals surface area contributed by atoms with E-state index in [0.29, 0.717) is 22.0 Å². The fourth-order valence-electron chi connectivity index (χ4n) is 1.50. The SMILES string of the molecule is CCC(C)(CNC(=O)/C=C/c1ccc(Cl)cc1Cl)C(=O)O. The Hall–Kier alpha value is -1.52. The van der Waals surface area contributed by atoms with Crippen LogP contribution in [0.1, 0.15) is 25.8 Å². The number of benzene rings is 1. The summed E-state index contributed by atoms with van der Waals surface area (Å²) in [4.78, 5) is 22.8. The Bertz CT molecular complexity index is 572. The molecule has 21 heavy (non-hydrogen) atoms. The molecule has 114 valence electrons. The lowest BCUT2D eigenvalue weighted by molar-refractivity contribution is -0.148. The van der Waals surface area contributed by atoms with Crippen molar-refractivity contribution in [2.24, 2.45) is 5.41 Å². The minimum atomic E-state index is -0.971. The molecule has 6 heteroatoms. The summed E-state index contributed by atoms with van der Waals surface area (Å²) in [5.74, 6) is -1.31. The van der Waals surface area contributed by atoms with Crippen molar-refractivity contribution in [2.45, 2.75) is 20.3 Å². The number of nitrogens with one attached hydrogen (secondary N) is 1. The Morgan fingerprint density at radius 3 is 2.57 bits per heavy atom. The zero-order chi connectivity index (χ0) is 16.0. The van der Waals surface area contributed by atoms with E-state index in [1.807, 2.05) is 0 Å². The Morgan fingerprint density at radius 1 is 1.38 bits per heavy atom. The maximum absolute atomic E-state index is 11.7. The molecule has 2 N–H and O–H groups in total. The molecular formula is C15H17Cl2NO3. The van der Waals surface area contributed by atoms with Gasteiger partial charge >= 0.3 is 5.97 Å². The number of carbonyl (C=O) groups excluding carboxylic acids is 1. The van der Waals surface area contributed by atoms with E-state index < -0.39 is 11.4 Å². The van der Waals surface area contributed by atoms with Gasteiger partial charge in [0.15, 0.2) is 0 Å². The molecular weight excluding hydrogens is 313 g/mol. The molecule has 1 amide bonds. The number of rotatable bonds is 6. The van der Waals surface area contributed by atoms with Gasteiger partial charge in [0.05, 0.1) is 5.41 Å². The molecule has 0 radical (unpaired) electrons. The van der Waals surface area contributed by atoms with Gasteiger partial charge in [0.1, 0.15) is 0 Å². The summed E-state index contributed by atoms with van der Waals surface area (Å²) in [6.45, 7) is 3.43. The number of hydrogen-bond acceptors (Lipinski definition) is 2. The normalized spacial score (nSPS) is 13.9. The number of carboxylic acid groups (broad SMARTS) is 1. The second-order valence-electron chi connectivity index (χ2n) is 4.94. The van der Waals surface area contributed by atoms with Crippen LogP contribution >= 0.6 is 23.2 Å². The van der Waals surface area contributed by atoms with E-state index in [9.17, 15) is 9.59 Å². The fraction of sp³-hybridized carbons (Fsp3) is 0.333. The van der Waals surface area contributed by atoms with Crippen molar-refractivity contribution in [1.82, 2.24) is 5.32 Å². The molecule has 0 aliphatic rings. The van der Waals surface area contributed by atoms with Gasteiger partial charge < -0.3 is 10.4 Å². The average molecular weight is 330 g/mol. The predicted molar refractivity (Wildman–Crippen MR) is 84.5 cm³/mol. The minimum Gasteiger partial charge on any atom is -0.481 e. The summed E-state index contributed by atoms with van der Waals surface area (Å²) in [6, 6.07) is 4.95. The molecule has 1 unspecified atom stereocenters. The van der Waals surface area contributed by atoms with Crippen molar-refractivity contribution < 1.29 is 14.7 Å². The third-order valence-corrected chi connectivity index (χ3v) is 3.89. The van der Waals surface area contributed by atoms with Gasteiger partial charge in [-0.2, -0.15) is 0 Å². The first kappa shape index (κ1) is 17.5. The second-order valence-corrected chi connectivity index (χ2v) is 5.78. The summed E-state index contributed by atoms with van der Waals surface area (Å²) in [7, 11) is 0. The predicted octanol–water partition coefficient (Wildman–Crippen LogP) is 3.62. The number of aliphatic carboxylic acids is 1. The maximum atomic E-state index is 11.7. The highest BCUT2D eigenvalue weighted by molar-refractivity contribution is 6.35. The van der Waals surface area contributed by atoms with Gasteiger partial charge in [-0.1, -0.05) is 36.2 Å². The van der Waals surface area contributed by atoms with Crippen molar-refractivity contribution in [3.63, 3.8) is 0 Å². The van der Waals surface area contributed by atoms with E-state index in [-0.39, 0.29) is 12.5 Å². The van der Waals surface area contributed by atoms with Crippen LogP contribution in [0.15, 0.2) is 24.3 Å². The van der Waals surface area contributed by atoms with Crippen LogP contribution in [0.25, 0.3) is 6.08 Å². The number of amides is 1. The van der Waals surface area contributed by atoms with Crippen LogP contribution in [0.5, 0.6) is 0 Å². The number of hydrogen-bond donors (Lipinski definition) is 2. The molecule has 0 heterocycles. The van der Waals surface area contributed by atoms with Crippen LogP contribution < -0.4 is 5.32 Å². The summed E-state index contributed by atoms with van der Waals surface area (Å²) in [5, 5.41) is 12.7. The van der Waals surface area contributed by atoms with E-state index in [4.69, 9.17) is 28.3 Å². The smallest absolute Gasteiger partial charge is 0.311 e. The van der Waals surface area contributed by atoms with E-state index in [0.717, 1.165) is 0 Å². The highest BCUT2D eigenvalue weighted by atomic mass is 35.5. The highest BCUT2D eigenvalue weighted by Crippen LogP contribution is 2.22. The summed E-state index contributed by atoms with van der Waals surface area (Å²) in [6.07, 6.45) is 3.29. The Labute approximate surface area is 133 Å². The van der Waals surface area contributed by atoms with Crippen LogP contribution in [0.4, 0.5) is 0 Å². The minimum absolute atomic E-state index is 0.0658. The topological polar surface area (TPSA) is 66.4 Å². The lowest BCUT2D eigenvalue weighted by Gasteiger charge is -2.22. The molecule has 1 aromatic rings. The van der Waals surface area contributed by atoms with Gasteiger partial charge in [-0.3, -0.25) is 9.59 Å². The fourth-order valence-corrected chi connectivity index (χ4v) is 1.97. The molecule has 0 aromatic heterocycles. The molecule has 0 saturated carbocycles. The van der Waals surface area contributed by atoms with E-state index >= 15 is 0 Å². The molecule has 1 atom stereocenters.